The highest BCUT2D eigenvalue weighted by atomic mass is 19.1. The van der Waals surface area contributed by atoms with Gasteiger partial charge >= 0.3 is 0 Å². The van der Waals surface area contributed by atoms with Crippen molar-refractivity contribution in [2.75, 3.05) is 20.8 Å². The summed E-state index contributed by atoms with van der Waals surface area (Å²) in [4.78, 5) is 3.69. The van der Waals surface area contributed by atoms with Gasteiger partial charge < -0.3 is 10.2 Å². The van der Waals surface area contributed by atoms with Gasteiger partial charge in [0.2, 0.25) is 0 Å². The van der Waals surface area contributed by atoms with Crippen molar-refractivity contribution in [2.24, 2.45) is 10.8 Å². The van der Waals surface area contributed by atoms with Crippen molar-refractivity contribution in [2.45, 2.75) is 20.3 Å². The minimum atomic E-state index is -0.263. The first kappa shape index (κ1) is 18.1. The first-order chi connectivity index (χ1) is 9.54. The fourth-order valence-electron chi connectivity index (χ4n) is 1.11. The third-order valence-electron chi connectivity index (χ3n) is 2.32. The molecule has 1 rings (SSSR count). The summed E-state index contributed by atoms with van der Waals surface area (Å²) in [6, 6.07) is 4.92. The van der Waals surface area contributed by atoms with Crippen LogP contribution >= 0.6 is 0 Å². The highest BCUT2D eigenvalue weighted by Gasteiger charge is 1.97. The number of methoxy groups -OCH3 is 1. The molecule has 110 valence electrons. The van der Waals surface area contributed by atoms with Crippen LogP contribution in [0.4, 0.5) is 4.39 Å². The number of hydrazine groups is 1. The number of ether oxygens (including phenoxy) is 1. The second-order valence-corrected chi connectivity index (χ2v) is 3.98. The average Bonchev–Trinajstić information content (AvgIpc) is 2.46. The normalized spacial score (nSPS) is 10.0. The molecule has 0 radical (unpaired) electrons. The molecular weight excluding hydrogens is 257 g/mol. The highest BCUT2D eigenvalue weighted by Crippen LogP contribution is 2.08. The molecule has 0 aliphatic heterocycles. The lowest BCUT2D eigenvalue weighted by Gasteiger charge is -1.95. The lowest BCUT2D eigenvalue weighted by molar-refractivity contribution is 0.206. The third-order valence-corrected chi connectivity index (χ3v) is 2.32. The summed E-state index contributed by atoms with van der Waals surface area (Å²) in [6.07, 6.45) is 0.629. The maximum Gasteiger partial charge on any atom is 0.138 e. The van der Waals surface area contributed by atoms with Gasteiger partial charge in [-0.05, 0) is 31.5 Å². The van der Waals surface area contributed by atoms with E-state index in [-0.39, 0.29) is 5.82 Å². The Morgan fingerprint density at radius 2 is 2.20 bits per heavy atom. The molecule has 1 aromatic rings. The van der Waals surface area contributed by atoms with Gasteiger partial charge in [0.1, 0.15) is 11.7 Å². The van der Waals surface area contributed by atoms with Crippen molar-refractivity contribution in [1.29, 1.82) is 0 Å². The Morgan fingerprint density at radius 1 is 1.50 bits per heavy atom. The SMILES string of the molecule is CN=C(C)NN.COCCC#Cc1cc(C)ccc1F. The molecule has 5 heteroatoms. The molecule has 0 bridgehead atoms. The van der Waals surface area contributed by atoms with Crippen LogP contribution in [0.2, 0.25) is 0 Å². The van der Waals surface area contributed by atoms with E-state index in [1.54, 1.807) is 33.2 Å². The van der Waals surface area contributed by atoms with Gasteiger partial charge in [-0.15, -0.1) is 0 Å². The van der Waals surface area contributed by atoms with Gasteiger partial charge in [0.25, 0.3) is 0 Å². The van der Waals surface area contributed by atoms with E-state index in [0.717, 1.165) is 11.4 Å². The molecule has 0 aliphatic carbocycles. The zero-order valence-electron chi connectivity index (χ0n) is 12.5. The number of aliphatic imine (C=N–C) groups is 1. The van der Waals surface area contributed by atoms with Crippen LogP contribution in [0.5, 0.6) is 0 Å². The summed E-state index contributed by atoms with van der Waals surface area (Å²) in [5, 5.41) is 0. The second kappa shape index (κ2) is 11.0. The van der Waals surface area contributed by atoms with E-state index < -0.39 is 0 Å². The second-order valence-electron chi connectivity index (χ2n) is 3.98. The zero-order chi connectivity index (χ0) is 15.4. The average molecular weight is 279 g/mol. The van der Waals surface area contributed by atoms with Crippen molar-refractivity contribution in [3.05, 3.63) is 35.1 Å². The largest absolute Gasteiger partial charge is 0.384 e. The molecule has 0 spiro atoms. The summed E-state index contributed by atoms with van der Waals surface area (Å²) in [5.41, 5.74) is 3.84. The summed E-state index contributed by atoms with van der Waals surface area (Å²) < 4.78 is 18.0. The molecule has 0 unspecified atom stereocenters. The molecule has 0 heterocycles. The van der Waals surface area contributed by atoms with Crippen molar-refractivity contribution in [1.82, 2.24) is 5.43 Å². The first-order valence-corrected chi connectivity index (χ1v) is 6.19. The molecule has 0 atom stereocenters. The Bertz CT molecular complexity index is 490. The van der Waals surface area contributed by atoms with Crippen molar-refractivity contribution >= 4 is 5.84 Å². The van der Waals surface area contributed by atoms with Gasteiger partial charge in [0.05, 0.1) is 12.2 Å². The number of halogens is 1. The monoisotopic (exact) mass is 279 g/mol. The van der Waals surface area contributed by atoms with Crippen molar-refractivity contribution in [3.63, 3.8) is 0 Å². The number of nitrogens with two attached hydrogens (primary N) is 1. The lowest BCUT2D eigenvalue weighted by atomic mass is 10.1. The Labute approximate surface area is 120 Å². The van der Waals surface area contributed by atoms with E-state index in [1.165, 1.54) is 6.07 Å². The maximum absolute atomic E-state index is 13.1. The molecule has 3 N–H and O–H groups in total. The molecular formula is C15H22FN3O. The predicted octanol–water partition coefficient (Wildman–Crippen LogP) is 2.02. The fourth-order valence-corrected chi connectivity index (χ4v) is 1.11. The van der Waals surface area contributed by atoms with Crippen LogP contribution in [0, 0.1) is 24.6 Å². The summed E-state index contributed by atoms with van der Waals surface area (Å²) in [6.45, 7) is 4.29. The van der Waals surface area contributed by atoms with Crippen molar-refractivity contribution < 1.29 is 9.13 Å². The number of nitrogens with one attached hydrogen (secondary N) is 1. The van der Waals surface area contributed by atoms with E-state index in [4.69, 9.17) is 10.6 Å². The van der Waals surface area contributed by atoms with Gasteiger partial charge in [-0.3, -0.25) is 4.99 Å². The Hall–Kier alpha value is -1.90. The van der Waals surface area contributed by atoms with E-state index in [0.29, 0.717) is 18.6 Å². The first-order valence-electron chi connectivity index (χ1n) is 6.19. The molecule has 0 amide bonds. The van der Waals surface area contributed by atoms with Crippen LogP contribution in [-0.2, 0) is 4.74 Å². The van der Waals surface area contributed by atoms with Crippen molar-refractivity contribution in [3.8, 4) is 11.8 Å². The number of hydrogen-bond acceptors (Lipinski definition) is 3. The smallest absolute Gasteiger partial charge is 0.138 e. The number of benzene rings is 1. The molecule has 0 fully saturated rings. The topological polar surface area (TPSA) is 59.6 Å². The minimum absolute atomic E-state index is 0.263. The Kier molecular flexibility index (Phi) is 9.93. The lowest BCUT2D eigenvalue weighted by Crippen LogP contribution is -2.27. The summed E-state index contributed by atoms with van der Waals surface area (Å²) in [7, 11) is 3.30. The summed E-state index contributed by atoms with van der Waals surface area (Å²) >= 11 is 0. The van der Waals surface area contributed by atoms with E-state index in [9.17, 15) is 4.39 Å². The van der Waals surface area contributed by atoms with Crippen LogP contribution in [0.15, 0.2) is 23.2 Å². The number of aryl methyl sites for hydroxylation is 1. The van der Waals surface area contributed by atoms with Crippen LogP contribution in [0.3, 0.4) is 0 Å². The number of rotatable bonds is 2. The standard InChI is InChI=1S/C12H13FO.C3H9N3/c1-10-6-7-12(13)11(9-10)5-3-4-8-14-2;1-3(5-2)6-4/h6-7,9H,4,8H2,1-2H3;4H2,1-2H3,(H,5,6). The fraction of sp³-hybridized carbons (Fsp3) is 0.400. The molecule has 0 saturated heterocycles. The van der Waals surface area contributed by atoms with Crippen LogP contribution in [0.1, 0.15) is 24.5 Å². The van der Waals surface area contributed by atoms with Gasteiger partial charge in [-0.1, -0.05) is 17.9 Å². The predicted molar refractivity (Wildman–Crippen MR) is 80.9 cm³/mol. The highest BCUT2D eigenvalue weighted by molar-refractivity contribution is 5.78. The number of nitrogens with zero attached hydrogens (tertiary/aromatic N) is 1. The maximum atomic E-state index is 13.1. The van der Waals surface area contributed by atoms with Gasteiger partial charge in [-0.2, -0.15) is 0 Å². The van der Waals surface area contributed by atoms with E-state index in [2.05, 4.69) is 22.3 Å². The Balaban J connectivity index is 0.000000511. The third kappa shape index (κ3) is 8.25. The Morgan fingerprint density at radius 3 is 2.70 bits per heavy atom. The quantitative estimate of drug-likeness (QED) is 0.217. The van der Waals surface area contributed by atoms with E-state index in [1.807, 2.05) is 6.92 Å². The van der Waals surface area contributed by atoms with E-state index >= 15 is 0 Å². The molecule has 4 nitrogen and oxygen atoms in total. The molecule has 20 heavy (non-hydrogen) atoms. The minimum Gasteiger partial charge on any atom is -0.384 e. The van der Waals surface area contributed by atoms with Crippen LogP contribution in [0.25, 0.3) is 0 Å². The van der Waals surface area contributed by atoms with Gasteiger partial charge in [0, 0.05) is 20.6 Å². The molecule has 0 aliphatic rings. The number of hydrogen-bond donors (Lipinski definition) is 2. The van der Waals surface area contributed by atoms with Crippen LogP contribution in [-0.4, -0.2) is 26.6 Å². The van der Waals surface area contributed by atoms with Gasteiger partial charge in [-0.25, -0.2) is 10.2 Å². The molecule has 0 saturated carbocycles. The summed E-state index contributed by atoms with van der Waals surface area (Å²) in [5.74, 6) is 11.0. The molecule has 0 aromatic heterocycles. The number of amidine groups is 1. The van der Waals surface area contributed by atoms with Gasteiger partial charge in [0.15, 0.2) is 0 Å². The zero-order valence-corrected chi connectivity index (χ0v) is 12.5. The van der Waals surface area contributed by atoms with Crippen LogP contribution < -0.4 is 11.3 Å². The molecule has 1 aromatic carbocycles.